The van der Waals surface area contributed by atoms with Crippen LogP contribution in [0.15, 0.2) is 48.8 Å². The molecule has 84 valence electrons. The highest BCUT2D eigenvalue weighted by atomic mass is 19.4. The number of allylic oxidation sites excluding steroid dienone is 2. The number of anilines is 1. The molecule has 1 aliphatic heterocycles. The molecular formula is C11H9F3N2. The van der Waals surface area contributed by atoms with Crippen LogP contribution in [0.25, 0.3) is 0 Å². The molecule has 0 aromatic heterocycles. The van der Waals surface area contributed by atoms with E-state index >= 15 is 0 Å². The van der Waals surface area contributed by atoms with E-state index in [9.17, 15) is 13.2 Å². The van der Waals surface area contributed by atoms with Crippen molar-refractivity contribution in [1.29, 1.82) is 0 Å². The van der Waals surface area contributed by atoms with E-state index in [1.165, 1.54) is 11.1 Å². The maximum absolute atomic E-state index is 12.5. The van der Waals surface area contributed by atoms with Crippen LogP contribution in [0.4, 0.5) is 18.9 Å². The number of hydrazine groups is 1. The third kappa shape index (κ3) is 2.18. The van der Waals surface area contributed by atoms with Gasteiger partial charge in [0.05, 0.1) is 11.3 Å². The fourth-order valence-electron chi connectivity index (χ4n) is 1.35. The van der Waals surface area contributed by atoms with E-state index < -0.39 is 11.7 Å². The van der Waals surface area contributed by atoms with E-state index in [2.05, 4.69) is 5.43 Å². The molecule has 2 nitrogen and oxygen atoms in total. The largest absolute Gasteiger partial charge is 0.416 e. The van der Waals surface area contributed by atoms with Crippen LogP contribution in [0.2, 0.25) is 0 Å². The van der Waals surface area contributed by atoms with Gasteiger partial charge in [0.1, 0.15) is 0 Å². The normalized spacial score (nSPS) is 15.1. The van der Waals surface area contributed by atoms with Crippen LogP contribution in [0.1, 0.15) is 5.56 Å². The van der Waals surface area contributed by atoms with Crippen molar-refractivity contribution in [2.75, 3.05) is 5.01 Å². The number of nitrogens with zero attached hydrogens (tertiary/aromatic N) is 1. The average molecular weight is 226 g/mol. The van der Waals surface area contributed by atoms with Crippen molar-refractivity contribution in [1.82, 2.24) is 5.43 Å². The van der Waals surface area contributed by atoms with E-state index in [1.54, 1.807) is 30.6 Å². The smallest absolute Gasteiger partial charge is 0.302 e. The predicted molar refractivity (Wildman–Crippen MR) is 55.3 cm³/mol. The summed E-state index contributed by atoms with van der Waals surface area (Å²) < 4.78 is 37.4. The van der Waals surface area contributed by atoms with E-state index in [0.29, 0.717) is 5.69 Å². The first kappa shape index (κ1) is 10.6. The first-order chi connectivity index (χ1) is 7.57. The molecule has 0 bridgehead atoms. The van der Waals surface area contributed by atoms with Gasteiger partial charge in [0.2, 0.25) is 0 Å². The highest BCUT2D eigenvalue weighted by Gasteiger charge is 2.30. The first-order valence-corrected chi connectivity index (χ1v) is 4.63. The van der Waals surface area contributed by atoms with Gasteiger partial charge in [-0.25, -0.2) is 0 Å². The Bertz CT molecular complexity index is 435. The molecule has 0 saturated heterocycles. The Morgan fingerprint density at radius 1 is 1.12 bits per heavy atom. The minimum Gasteiger partial charge on any atom is -0.302 e. The summed E-state index contributed by atoms with van der Waals surface area (Å²) in [5.74, 6) is 0. The molecule has 1 N–H and O–H groups in total. The van der Waals surface area contributed by atoms with Gasteiger partial charge in [0.15, 0.2) is 0 Å². The summed E-state index contributed by atoms with van der Waals surface area (Å²) in [5, 5.41) is 1.51. The molecule has 0 aliphatic carbocycles. The van der Waals surface area contributed by atoms with Crippen LogP contribution in [0, 0.1) is 0 Å². The summed E-state index contributed by atoms with van der Waals surface area (Å²) >= 11 is 0. The Morgan fingerprint density at radius 3 is 2.56 bits per heavy atom. The van der Waals surface area contributed by atoms with Gasteiger partial charge in [-0.2, -0.15) is 13.2 Å². The van der Waals surface area contributed by atoms with Crippen molar-refractivity contribution in [3.63, 3.8) is 0 Å². The maximum atomic E-state index is 12.5. The average Bonchev–Trinajstić information content (AvgIpc) is 2.29. The lowest BCUT2D eigenvalue weighted by Gasteiger charge is -2.22. The van der Waals surface area contributed by atoms with E-state index in [0.717, 1.165) is 12.1 Å². The quantitative estimate of drug-likeness (QED) is 0.791. The number of halogens is 3. The molecular weight excluding hydrogens is 217 g/mol. The SMILES string of the molecule is FC(F)(F)c1cccc(N2C=CC=CN2)c1. The van der Waals surface area contributed by atoms with Crippen molar-refractivity contribution < 1.29 is 13.2 Å². The van der Waals surface area contributed by atoms with Crippen LogP contribution in [-0.4, -0.2) is 0 Å². The van der Waals surface area contributed by atoms with Gasteiger partial charge < -0.3 is 5.43 Å². The Labute approximate surface area is 90.6 Å². The minimum atomic E-state index is -4.31. The summed E-state index contributed by atoms with van der Waals surface area (Å²) in [7, 11) is 0. The lowest BCUT2D eigenvalue weighted by Crippen LogP contribution is -2.30. The third-order valence-corrected chi connectivity index (χ3v) is 2.11. The number of nitrogens with one attached hydrogen (secondary N) is 1. The summed E-state index contributed by atoms with van der Waals surface area (Å²) in [6.07, 6.45) is 2.46. The second-order valence-corrected chi connectivity index (χ2v) is 3.25. The zero-order valence-electron chi connectivity index (χ0n) is 8.20. The highest BCUT2D eigenvalue weighted by Crippen LogP contribution is 2.31. The molecule has 5 heteroatoms. The van der Waals surface area contributed by atoms with Crippen molar-refractivity contribution in [2.45, 2.75) is 6.18 Å². The van der Waals surface area contributed by atoms with Gasteiger partial charge in [-0.15, -0.1) is 0 Å². The van der Waals surface area contributed by atoms with Crippen molar-refractivity contribution in [2.24, 2.45) is 0 Å². The molecule has 1 aromatic carbocycles. The molecule has 0 amide bonds. The third-order valence-electron chi connectivity index (χ3n) is 2.11. The molecule has 2 rings (SSSR count). The lowest BCUT2D eigenvalue weighted by atomic mass is 10.2. The Morgan fingerprint density at radius 2 is 1.94 bits per heavy atom. The van der Waals surface area contributed by atoms with Crippen LogP contribution in [-0.2, 0) is 6.18 Å². The van der Waals surface area contributed by atoms with Gasteiger partial charge in [-0.1, -0.05) is 6.07 Å². The minimum absolute atomic E-state index is 0.440. The molecule has 0 atom stereocenters. The number of rotatable bonds is 1. The summed E-state index contributed by atoms with van der Waals surface area (Å²) in [5.41, 5.74) is 2.60. The second kappa shape index (κ2) is 3.92. The summed E-state index contributed by atoms with van der Waals surface area (Å²) in [6, 6.07) is 5.13. The Hall–Kier alpha value is -1.91. The number of alkyl halides is 3. The van der Waals surface area contributed by atoms with Gasteiger partial charge in [0.25, 0.3) is 0 Å². The van der Waals surface area contributed by atoms with Crippen LogP contribution in [0.5, 0.6) is 0 Å². The topological polar surface area (TPSA) is 15.3 Å². The van der Waals surface area contributed by atoms with E-state index in [4.69, 9.17) is 0 Å². The second-order valence-electron chi connectivity index (χ2n) is 3.25. The molecule has 0 radical (unpaired) electrons. The highest BCUT2D eigenvalue weighted by molar-refractivity contribution is 5.51. The Balaban J connectivity index is 2.29. The van der Waals surface area contributed by atoms with Crippen molar-refractivity contribution in [3.8, 4) is 0 Å². The monoisotopic (exact) mass is 226 g/mol. The molecule has 1 heterocycles. The van der Waals surface area contributed by atoms with Crippen molar-refractivity contribution >= 4 is 5.69 Å². The van der Waals surface area contributed by atoms with Crippen LogP contribution in [0.3, 0.4) is 0 Å². The number of benzene rings is 1. The molecule has 16 heavy (non-hydrogen) atoms. The standard InChI is InChI=1S/C11H9F3N2/c12-11(13,14)9-4-3-5-10(8-9)16-7-2-1-6-15-16/h1-8,15H. The lowest BCUT2D eigenvalue weighted by molar-refractivity contribution is -0.137. The van der Waals surface area contributed by atoms with Crippen LogP contribution >= 0.6 is 0 Å². The van der Waals surface area contributed by atoms with Crippen molar-refractivity contribution in [3.05, 3.63) is 54.4 Å². The number of hydrogen-bond acceptors (Lipinski definition) is 2. The first-order valence-electron chi connectivity index (χ1n) is 4.63. The molecule has 0 saturated carbocycles. The Kier molecular flexibility index (Phi) is 2.60. The molecule has 1 aromatic rings. The van der Waals surface area contributed by atoms with Gasteiger partial charge in [-0.05, 0) is 30.4 Å². The van der Waals surface area contributed by atoms with Gasteiger partial charge in [0, 0.05) is 12.4 Å². The maximum Gasteiger partial charge on any atom is 0.416 e. The van der Waals surface area contributed by atoms with Gasteiger partial charge in [-0.3, -0.25) is 5.01 Å². The zero-order chi connectivity index (χ0) is 11.6. The molecule has 1 aliphatic rings. The fraction of sp³-hybridized carbons (Fsp3) is 0.0909. The fourth-order valence-corrected chi connectivity index (χ4v) is 1.35. The summed E-state index contributed by atoms with van der Waals surface area (Å²) in [6.45, 7) is 0. The summed E-state index contributed by atoms with van der Waals surface area (Å²) in [4.78, 5) is 0. The van der Waals surface area contributed by atoms with E-state index in [-0.39, 0.29) is 0 Å². The van der Waals surface area contributed by atoms with Crippen LogP contribution < -0.4 is 10.4 Å². The predicted octanol–water partition coefficient (Wildman–Crippen LogP) is 3.06. The molecule has 0 fully saturated rings. The van der Waals surface area contributed by atoms with Gasteiger partial charge >= 0.3 is 6.18 Å². The molecule has 0 spiro atoms. The molecule has 0 unspecified atom stereocenters. The van der Waals surface area contributed by atoms with E-state index in [1.807, 2.05) is 0 Å². The zero-order valence-corrected chi connectivity index (χ0v) is 8.20. The number of hydrogen-bond donors (Lipinski definition) is 1.